The number of hydrogen-bond donors (Lipinski definition) is 1. The van der Waals surface area contributed by atoms with E-state index in [1.807, 2.05) is 25.1 Å². The van der Waals surface area contributed by atoms with Crippen molar-refractivity contribution in [1.82, 2.24) is 20.6 Å². The van der Waals surface area contributed by atoms with Gasteiger partial charge in [-0.3, -0.25) is 0 Å². The summed E-state index contributed by atoms with van der Waals surface area (Å²) in [7, 11) is 1.63. The van der Waals surface area contributed by atoms with Crippen LogP contribution in [0, 0.1) is 6.92 Å². The van der Waals surface area contributed by atoms with E-state index >= 15 is 0 Å². The molecule has 0 aliphatic heterocycles. The Labute approximate surface area is 98.9 Å². The molecular formula is C11H14N4O2. The van der Waals surface area contributed by atoms with Crippen LogP contribution in [0.1, 0.15) is 11.4 Å². The molecule has 90 valence electrons. The predicted molar refractivity (Wildman–Crippen MR) is 61.1 cm³/mol. The molecule has 2 rings (SSSR count). The number of aromatic nitrogens is 4. The Morgan fingerprint density at radius 1 is 1.29 bits per heavy atom. The van der Waals surface area contributed by atoms with Crippen molar-refractivity contribution in [2.75, 3.05) is 13.7 Å². The molecular weight excluding hydrogens is 220 g/mol. The van der Waals surface area contributed by atoms with Gasteiger partial charge in [0.25, 0.3) is 0 Å². The number of hydrogen-bond acceptors (Lipinski definition) is 5. The molecule has 6 nitrogen and oxygen atoms in total. The van der Waals surface area contributed by atoms with Gasteiger partial charge in [0, 0.05) is 6.42 Å². The van der Waals surface area contributed by atoms with Crippen LogP contribution in [-0.2, 0) is 6.42 Å². The molecule has 6 heteroatoms. The summed E-state index contributed by atoms with van der Waals surface area (Å²) in [5, 5.41) is 13.6. The van der Waals surface area contributed by atoms with Crippen molar-refractivity contribution >= 4 is 0 Å². The maximum atomic E-state index is 5.61. The quantitative estimate of drug-likeness (QED) is 0.839. The number of nitrogens with zero attached hydrogens (tertiary/aromatic N) is 3. The van der Waals surface area contributed by atoms with Gasteiger partial charge in [-0.25, -0.2) is 0 Å². The van der Waals surface area contributed by atoms with Gasteiger partial charge in [0.05, 0.1) is 13.7 Å². The fourth-order valence-corrected chi connectivity index (χ4v) is 1.43. The second-order valence-corrected chi connectivity index (χ2v) is 3.58. The van der Waals surface area contributed by atoms with E-state index in [0.29, 0.717) is 18.9 Å². The summed E-state index contributed by atoms with van der Waals surface area (Å²) in [6.07, 6.45) is 0.605. The van der Waals surface area contributed by atoms with E-state index in [1.165, 1.54) is 0 Å². The van der Waals surface area contributed by atoms with Crippen LogP contribution in [0.3, 0.4) is 0 Å². The largest absolute Gasteiger partial charge is 0.493 e. The van der Waals surface area contributed by atoms with Crippen molar-refractivity contribution in [3.8, 4) is 11.5 Å². The molecule has 0 unspecified atom stereocenters. The van der Waals surface area contributed by atoms with E-state index < -0.39 is 0 Å². The predicted octanol–water partition coefficient (Wildman–Crippen LogP) is 1.14. The second-order valence-electron chi connectivity index (χ2n) is 3.58. The highest BCUT2D eigenvalue weighted by molar-refractivity contribution is 5.42. The van der Waals surface area contributed by atoms with Crippen molar-refractivity contribution in [3.05, 3.63) is 29.6 Å². The first-order valence-electron chi connectivity index (χ1n) is 5.29. The van der Waals surface area contributed by atoms with Crippen molar-refractivity contribution in [3.63, 3.8) is 0 Å². The first-order valence-corrected chi connectivity index (χ1v) is 5.29. The number of methoxy groups -OCH3 is 1. The van der Waals surface area contributed by atoms with Gasteiger partial charge >= 0.3 is 0 Å². The number of ether oxygens (including phenoxy) is 2. The molecule has 0 radical (unpaired) electrons. The second kappa shape index (κ2) is 5.29. The van der Waals surface area contributed by atoms with Gasteiger partial charge < -0.3 is 9.47 Å². The minimum absolute atomic E-state index is 0.485. The van der Waals surface area contributed by atoms with E-state index in [4.69, 9.17) is 9.47 Å². The topological polar surface area (TPSA) is 72.9 Å². The standard InChI is InChI=1S/C11H14N4O2/c1-8-3-4-9(10(7-8)16-2)17-6-5-11-12-14-15-13-11/h3-4,7H,5-6H2,1-2H3,(H,12,13,14,15). The molecule has 0 saturated heterocycles. The summed E-state index contributed by atoms with van der Waals surface area (Å²) >= 11 is 0. The first-order chi connectivity index (χ1) is 8.29. The van der Waals surface area contributed by atoms with Crippen molar-refractivity contribution < 1.29 is 9.47 Å². The lowest BCUT2D eigenvalue weighted by Crippen LogP contribution is -2.04. The average molecular weight is 234 g/mol. The molecule has 1 N–H and O–H groups in total. The number of nitrogens with one attached hydrogen (secondary N) is 1. The van der Waals surface area contributed by atoms with Gasteiger partial charge in [-0.1, -0.05) is 11.3 Å². The number of H-pyrrole nitrogens is 1. The SMILES string of the molecule is COc1cc(C)ccc1OCCc1nn[nH]n1. The van der Waals surface area contributed by atoms with Gasteiger partial charge in [0.15, 0.2) is 17.3 Å². The molecule has 0 bridgehead atoms. The zero-order chi connectivity index (χ0) is 12.1. The van der Waals surface area contributed by atoms with Crippen LogP contribution in [0.25, 0.3) is 0 Å². The first kappa shape index (κ1) is 11.4. The average Bonchev–Trinajstić information content (AvgIpc) is 2.84. The highest BCUT2D eigenvalue weighted by Gasteiger charge is 2.05. The van der Waals surface area contributed by atoms with Crippen molar-refractivity contribution in [1.29, 1.82) is 0 Å². The zero-order valence-corrected chi connectivity index (χ0v) is 9.80. The van der Waals surface area contributed by atoms with E-state index in [1.54, 1.807) is 7.11 Å². The van der Waals surface area contributed by atoms with Gasteiger partial charge in [-0.2, -0.15) is 5.21 Å². The lowest BCUT2D eigenvalue weighted by Gasteiger charge is -2.10. The Bertz CT molecular complexity index is 470. The lowest BCUT2D eigenvalue weighted by molar-refractivity contribution is 0.295. The third kappa shape index (κ3) is 2.93. The molecule has 0 amide bonds. The molecule has 1 aromatic heterocycles. The van der Waals surface area contributed by atoms with Crippen LogP contribution >= 0.6 is 0 Å². The number of aromatic amines is 1. The maximum Gasteiger partial charge on any atom is 0.177 e. The molecule has 0 spiro atoms. The Balaban J connectivity index is 1.94. The van der Waals surface area contributed by atoms with Gasteiger partial charge in [-0.05, 0) is 24.6 Å². The van der Waals surface area contributed by atoms with Crippen molar-refractivity contribution in [2.45, 2.75) is 13.3 Å². The fourth-order valence-electron chi connectivity index (χ4n) is 1.43. The van der Waals surface area contributed by atoms with Crippen LogP contribution in [0.5, 0.6) is 11.5 Å². The minimum atomic E-state index is 0.485. The van der Waals surface area contributed by atoms with Gasteiger partial charge in [0.2, 0.25) is 0 Å². The molecule has 0 aliphatic carbocycles. The zero-order valence-electron chi connectivity index (χ0n) is 9.80. The molecule has 0 atom stereocenters. The number of benzene rings is 1. The summed E-state index contributed by atoms with van der Waals surface area (Å²) in [4.78, 5) is 0. The summed E-state index contributed by atoms with van der Waals surface area (Å²) < 4.78 is 10.8. The van der Waals surface area contributed by atoms with Crippen LogP contribution in [-0.4, -0.2) is 34.3 Å². The molecule has 2 aromatic rings. The maximum absolute atomic E-state index is 5.61. The monoisotopic (exact) mass is 234 g/mol. The Morgan fingerprint density at radius 3 is 2.88 bits per heavy atom. The minimum Gasteiger partial charge on any atom is -0.493 e. The Morgan fingerprint density at radius 2 is 2.18 bits per heavy atom. The fraction of sp³-hybridized carbons (Fsp3) is 0.364. The molecule has 0 fully saturated rings. The van der Waals surface area contributed by atoms with E-state index in [2.05, 4.69) is 20.6 Å². The number of aryl methyl sites for hydroxylation is 1. The van der Waals surface area contributed by atoms with E-state index in [0.717, 1.165) is 17.1 Å². The smallest absolute Gasteiger partial charge is 0.177 e. The summed E-state index contributed by atoms with van der Waals surface area (Å²) in [5.41, 5.74) is 1.13. The van der Waals surface area contributed by atoms with Gasteiger partial charge in [-0.15, -0.1) is 10.2 Å². The third-order valence-electron chi connectivity index (χ3n) is 2.29. The lowest BCUT2D eigenvalue weighted by atomic mass is 10.2. The number of rotatable bonds is 5. The molecule has 0 saturated carbocycles. The highest BCUT2D eigenvalue weighted by atomic mass is 16.5. The van der Waals surface area contributed by atoms with Crippen LogP contribution in [0.4, 0.5) is 0 Å². The Kier molecular flexibility index (Phi) is 3.54. The molecule has 17 heavy (non-hydrogen) atoms. The Hall–Kier alpha value is -2.11. The van der Waals surface area contributed by atoms with Crippen molar-refractivity contribution in [2.24, 2.45) is 0 Å². The van der Waals surface area contributed by atoms with Gasteiger partial charge in [0.1, 0.15) is 0 Å². The summed E-state index contributed by atoms with van der Waals surface area (Å²) in [6, 6.07) is 5.81. The van der Waals surface area contributed by atoms with E-state index in [9.17, 15) is 0 Å². The summed E-state index contributed by atoms with van der Waals surface area (Å²) in [5.74, 6) is 2.09. The van der Waals surface area contributed by atoms with Crippen LogP contribution in [0.15, 0.2) is 18.2 Å². The van der Waals surface area contributed by atoms with Crippen LogP contribution in [0.2, 0.25) is 0 Å². The van der Waals surface area contributed by atoms with E-state index in [-0.39, 0.29) is 0 Å². The normalized spacial score (nSPS) is 10.2. The molecule has 0 aliphatic rings. The highest BCUT2D eigenvalue weighted by Crippen LogP contribution is 2.27. The summed E-state index contributed by atoms with van der Waals surface area (Å²) in [6.45, 7) is 2.49. The number of tetrazole rings is 1. The van der Waals surface area contributed by atoms with Crippen LogP contribution < -0.4 is 9.47 Å². The molecule has 1 heterocycles. The molecule has 1 aromatic carbocycles. The third-order valence-corrected chi connectivity index (χ3v) is 2.29.